The minimum Gasteiger partial charge on any atom is -0.504 e. The monoisotopic (exact) mass is 325 g/mol. The van der Waals surface area contributed by atoms with Crippen LogP contribution in [0.1, 0.15) is 12.5 Å². The Morgan fingerprint density at radius 1 is 1.17 bits per heavy atom. The predicted octanol–water partition coefficient (Wildman–Crippen LogP) is -1.33. The van der Waals surface area contributed by atoms with Crippen LogP contribution in [-0.4, -0.2) is 51.7 Å². The fraction of sp³-hybridized carbons (Fsp3) is 0.357. The molecule has 23 heavy (non-hydrogen) atoms. The van der Waals surface area contributed by atoms with Gasteiger partial charge in [-0.2, -0.15) is 0 Å². The number of carboxylic acid groups (broad SMARTS) is 1. The van der Waals surface area contributed by atoms with Gasteiger partial charge in [-0.15, -0.1) is 0 Å². The maximum Gasteiger partial charge on any atom is 0.329 e. The fourth-order valence-electron chi connectivity index (χ4n) is 1.86. The molecule has 0 saturated heterocycles. The van der Waals surface area contributed by atoms with Crippen molar-refractivity contribution in [3.8, 4) is 11.5 Å². The first-order chi connectivity index (χ1) is 10.7. The molecule has 0 heterocycles. The first-order valence-electron chi connectivity index (χ1n) is 6.70. The van der Waals surface area contributed by atoms with Gasteiger partial charge in [0.25, 0.3) is 0 Å². The van der Waals surface area contributed by atoms with Crippen LogP contribution in [0.2, 0.25) is 0 Å². The number of hydrogen-bond donors (Lipinski definition) is 6. The quantitative estimate of drug-likeness (QED) is 0.338. The average molecular weight is 325 g/mol. The van der Waals surface area contributed by atoms with Crippen LogP contribution in [-0.2, 0) is 20.8 Å². The van der Waals surface area contributed by atoms with Gasteiger partial charge in [-0.25, -0.2) is 4.79 Å². The highest BCUT2D eigenvalue weighted by molar-refractivity contribution is 5.90. The van der Waals surface area contributed by atoms with Gasteiger partial charge < -0.3 is 31.7 Å². The smallest absolute Gasteiger partial charge is 0.329 e. The number of nitrogens with two attached hydrogens (primary N) is 1. The Morgan fingerprint density at radius 2 is 1.83 bits per heavy atom. The SMILES string of the molecule is C[C@@](Cc1ccc(O)c(O)c1)(NC(=O)CNC(=O)CN)C(=O)O. The van der Waals surface area contributed by atoms with E-state index in [4.69, 9.17) is 5.73 Å². The number of benzene rings is 1. The van der Waals surface area contributed by atoms with Crippen molar-refractivity contribution < 1.29 is 29.7 Å². The molecule has 126 valence electrons. The van der Waals surface area contributed by atoms with Gasteiger partial charge in [0.1, 0.15) is 5.54 Å². The number of aliphatic carboxylic acids is 1. The van der Waals surface area contributed by atoms with E-state index >= 15 is 0 Å². The molecule has 7 N–H and O–H groups in total. The van der Waals surface area contributed by atoms with Crippen LogP contribution in [0, 0.1) is 0 Å². The molecule has 0 aliphatic carbocycles. The number of amides is 2. The molecule has 0 saturated carbocycles. The molecule has 0 fully saturated rings. The molecule has 0 radical (unpaired) electrons. The third-order valence-corrected chi connectivity index (χ3v) is 3.12. The fourth-order valence-corrected chi connectivity index (χ4v) is 1.86. The lowest BCUT2D eigenvalue weighted by atomic mass is 9.92. The van der Waals surface area contributed by atoms with Crippen LogP contribution < -0.4 is 16.4 Å². The first-order valence-corrected chi connectivity index (χ1v) is 6.70. The Bertz CT molecular complexity index is 619. The predicted molar refractivity (Wildman–Crippen MR) is 79.7 cm³/mol. The molecule has 1 aromatic rings. The van der Waals surface area contributed by atoms with Crippen LogP contribution in [0.25, 0.3) is 0 Å². The molecule has 9 heteroatoms. The summed E-state index contributed by atoms with van der Waals surface area (Å²) in [6.45, 7) is 0.609. The maximum absolute atomic E-state index is 11.8. The molecule has 0 bridgehead atoms. The Balaban J connectivity index is 2.82. The Morgan fingerprint density at radius 3 is 2.35 bits per heavy atom. The van der Waals surface area contributed by atoms with E-state index in [1.807, 2.05) is 0 Å². The Kier molecular flexibility index (Phi) is 5.91. The zero-order valence-corrected chi connectivity index (χ0v) is 12.5. The van der Waals surface area contributed by atoms with E-state index in [0.29, 0.717) is 5.56 Å². The number of carboxylic acids is 1. The first kappa shape index (κ1) is 18.2. The van der Waals surface area contributed by atoms with Crippen LogP contribution >= 0.6 is 0 Å². The van der Waals surface area contributed by atoms with E-state index in [-0.39, 0.29) is 18.7 Å². The van der Waals surface area contributed by atoms with E-state index in [2.05, 4.69) is 10.6 Å². The van der Waals surface area contributed by atoms with Crippen molar-refractivity contribution in [3.05, 3.63) is 23.8 Å². The zero-order chi connectivity index (χ0) is 17.6. The molecule has 1 atom stereocenters. The van der Waals surface area contributed by atoms with Gasteiger partial charge in [0.2, 0.25) is 11.8 Å². The summed E-state index contributed by atoms with van der Waals surface area (Å²) in [6.07, 6.45) is -0.132. The summed E-state index contributed by atoms with van der Waals surface area (Å²) in [7, 11) is 0. The summed E-state index contributed by atoms with van der Waals surface area (Å²) in [4.78, 5) is 34.2. The lowest BCUT2D eigenvalue weighted by molar-refractivity contribution is -0.146. The number of phenols is 2. The van der Waals surface area contributed by atoms with Crippen molar-refractivity contribution in [2.45, 2.75) is 18.9 Å². The standard InChI is InChI=1S/C14H19N3O6/c1-14(13(22)23,17-12(21)7-16-11(20)6-15)5-8-2-3-9(18)10(19)4-8/h2-4,18-19H,5-7,15H2,1H3,(H,16,20)(H,17,21)(H,22,23)/t14-/m0/s1. The van der Waals surface area contributed by atoms with Gasteiger partial charge in [0.15, 0.2) is 11.5 Å². The molecular formula is C14H19N3O6. The second kappa shape index (κ2) is 7.45. The zero-order valence-electron chi connectivity index (χ0n) is 12.5. The summed E-state index contributed by atoms with van der Waals surface area (Å²) in [6, 6.07) is 3.85. The third-order valence-electron chi connectivity index (χ3n) is 3.12. The summed E-state index contributed by atoms with van der Waals surface area (Å²) in [5.74, 6) is -3.25. The summed E-state index contributed by atoms with van der Waals surface area (Å²) < 4.78 is 0. The van der Waals surface area contributed by atoms with E-state index in [1.54, 1.807) is 0 Å². The van der Waals surface area contributed by atoms with Crippen LogP contribution in [0.4, 0.5) is 0 Å². The van der Waals surface area contributed by atoms with Gasteiger partial charge in [-0.05, 0) is 24.6 Å². The van der Waals surface area contributed by atoms with Gasteiger partial charge in [0, 0.05) is 6.42 Å². The van der Waals surface area contributed by atoms with Crippen LogP contribution in [0.15, 0.2) is 18.2 Å². The van der Waals surface area contributed by atoms with E-state index in [1.165, 1.54) is 25.1 Å². The normalized spacial score (nSPS) is 13.0. The van der Waals surface area contributed by atoms with E-state index in [9.17, 15) is 29.7 Å². The van der Waals surface area contributed by atoms with E-state index < -0.39 is 35.6 Å². The maximum atomic E-state index is 11.8. The lowest BCUT2D eigenvalue weighted by Crippen LogP contribution is -2.56. The third kappa shape index (κ3) is 5.15. The lowest BCUT2D eigenvalue weighted by Gasteiger charge is -2.26. The van der Waals surface area contributed by atoms with Crippen LogP contribution in [0.5, 0.6) is 11.5 Å². The molecule has 0 aliphatic heterocycles. The number of rotatable bonds is 7. The van der Waals surface area contributed by atoms with Gasteiger partial charge in [0.05, 0.1) is 13.1 Å². The van der Waals surface area contributed by atoms with Gasteiger partial charge >= 0.3 is 5.97 Å². The van der Waals surface area contributed by atoms with Crippen molar-refractivity contribution in [1.29, 1.82) is 0 Å². The Hall–Kier alpha value is -2.81. The topological polar surface area (TPSA) is 162 Å². The van der Waals surface area contributed by atoms with Gasteiger partial charge in [-0.3, -0.25) is 9.59 Å². The van der Waals surface area contributed by atoms with Gasteiger partial charge in [-0.1, -0.05) is 6.07 Å². The molecular weight excluding hydrogens is 306 g/mol. The summed E-state index contributed by atoms with van der Waals surface area (Å²) in [5, 5.41) is 32.6. The summed E-state index contributed by atoms with van der Waals surface area (Å²) in [5.41, 5.74) is 3.82. The second-order valence-electron chi connectivity index (χ2n) is 5.17. The number of phenolic OH excluding ortho intramolecular Hbond substituents is 2. The highest BCUT2D eigenvalue weighted by atomic mass is 16.4. The van der Waals surface area contributed by atoms with Crippen molar-refractivity contribution in [2.75, 3.05) is 13.1 Å². The minimum atomic E-state index is -1.66. The molecule has 0 aromatic heterocycles. The molecule has 0 spiro atoms. The highest BCUT2D eigenvalue weighted by Gasteiger charge is 2.35. The van der Waals surface area contributed by atoms with Crippen molar-refractivity contribution in [2.24, 2.45) is 5.73 Å². The number of hydrogen-bond acceptors (Lipinski definition) is 6. The largest absolute Gasteiger partial charge is 0.504 e. The number of carbonyl (C=O) groups excluding carboxylic acids is 2. The number of carbonyl (C=O) groups is 3. The molecule has 2 amide bonds. The minimum absolute atomic E-state index is 0.132. The number of nitrogens with one attached hydrogen (secondary N) is 2. The van der Waals surface area contributed by atoms with Crippen LogP contribution in [0.3, 0.4) is 0 Å². The molecule has 1 aromatic carbocycles. The molecule has 1 rings (SSSR count). The highest BCUT2D eigenvalue weighted by Crippen LogP contribution is 2.26. The Labute approximate surface area is 132 Å². The van der Waals surface area contributed by atoms with E-state index in [0.717, 1.165) is 0 Å². The molecule has 0 unspecified atom stereocenters. The second-order valence-corrected chi connectivity index (χ2v) is 5.17. The average Bonchev–Trinajstić information content (AvgIpc) is 2.48. The van der Waals surface area contributed by atoms with Crippen molar-refractivity contribution in [1.82, 2.24) is 10.6 Å². The summed E-state index contributed by atoms with van der Waals surface area (Å²) >= 11 is 0. The molecule has 0 aliphatic rings. The number of aromatic hydroxyl groups is 2. The molecule has 9 nitrogen and oxygen atoms in total. The van der Waals surface area contributed by atoms with Crippen molar-refractivity contribution in [3.63, 3.8) is 0 Å². The van der Waals surface area contributed by atoms with Crippen molar-refractivity contribution >= 4 is 17.8 Å².